The number of esters is 1. The molecule has 1 aromatic rings. The van der Waals surface area contributed by atoms with E-state index in [9.17, 15) is 9.59 Å². The van der Waals surface area contributed by atoms with Crippen molar-refractivity contribution in [1.29, 1.82) is 0 Å². The van der Waals surface area contributed by atoms with Gasteiger partial charge in [0.1, 0.15) is 0 Å². The van der Waals surface area contributed by atoms with E-state index in [1.54, 1.807) is 26.0 Å². The number of rotatable bonds is 5. The molecule has 17 heavy (non-hydrogen) atoms. The number of ether oxygens (including phenoxy) is 1. The summed E-state index contributed by atoms with van der Waals surface area (Å²) in [5.74, 6) is -0.273. The van der Waals surface area contributed by atoms with Gasteiger partial charge >= 0.3 is 5.97 Å². The van der Waals surface area contributed by atoms with Gasteiger partial charge in [-0.1, -0.05) is 28.9 Å². The Morgan fingerprint density at radius 3 is 2.59 bits per heavy atom. The number of carbonyl (C=O) groups excluding carboxylic acids is 2. The maximum atomic E-state index is 11.8. The quantitative estimate of drug-likeness (QED) is 0.619. The number of carbonyl (C=O) groups is 2. The molecule has 0 N–H and O–H groups in total. The fourth-order valence-electron chi connectivity index (χ4n) is 1.52. The second kappa shape index (κ2) is 6.55. The Labute approximate surface area is 109 Å². The molecule has 3 nitrogen and oxygen atoms in total. The van der Waals surface area contributed by atoms with E-state index in [1.807, 2.05) is 6.07 Å². The minimum Gasteiger partial charge on any atom is -0.466 e. The molecular weight excluding hydrogens is 284 g/mol. The fraction of sp³-hybridized carbons (Fsp3) is 0.385. The molecule has 0 fully saturated rings. The third-order valence-electron chi connectivity index (χ3n) is 2.33. The predicted octanol–water partition coefficient (Wildman–Crippen LogP) is 3.15. The van der Waals surface area contributed by atoms with Crippen molar-refractivity contribution in [2.45, 2.75) is 26.7 Å². The SMILES string of the molecule is CCOC(=O)Cc1ccc(Br)cc1C(=O)CC. The van der Waals surface area contributed by atoms with Crippen molar-refractivity contribution in [3.8, 4) is 0 Å². The van der Waals surface area contributed by atoms with E-state index in [0.29, 0.717) is 18.6 Å². The lowest BCUT2D eigenvalue weighted by molar-refractivity contribution is -0.142. The van der Waals surface area contributed by atoms with E-state index in [1.165, 1.54) is 0 Å². The van der Waals surface area contributed by atoms with E-state index in [4.69, 9.17) is 4.74 Å². The zero-order chi connectivity index (χ0) is 12.8. The largest absolute Gasteiger partial charge is 0.466 e. The van der Waals surface area contributed by atoms with Crippen molar-refractivity contribution < 1.29 is 14.3 Å². The first-order chi connectivity index (χ1) is 8.08. The second-order valence-corrected chi connectivity index (χ2v) is 4.48. The van der Waals surface area contributed by atoms with Crippen LogP contribution < -0.4 is 0 Å². The Bertz CT molecular complexity index is 427. The lowest BCUT2D eigenvalue weighted by Crippen LogP contribution is -2.11. The Morgan fingerprint density at radius 1 is 1.29 bits per heavy atom. The molecule has 0 saturated heterocycles. The molecule has 0 aliphatic heterocycles. The summed E-state index contributed by atoms with van der Waals surface area (Å²) in [7, 11) is 0. The van der Waals surface area contributed by atoms with Gasteiger partial charge in [-0.05, 0) is 24.6 Å². The van der Waals surface area contributed by atoms with Gasteiger partial charge in [0.25, 0.3) is 0 Å². The lowest BCUT2D eigenvalue weighted by Gasteiger charge is -2.08. The van der Waals surface area contributed by atoms with Gasteiger partial charge in [0.05, 0.1) is 13.0 Å². The van der Waals surface area contributed by atoms with Crippen molar-refractivity contribution in [2.75, 3.05) is 6.61 Å². The van der Waals surface area contributed by atoms with Crippen LogP contribution in [-0.4, -0.2) is 18.4 Å². The molecule has 0 heterocycles. The van der Waals surface area contributed by atoms with Crippen molar-refractivity contribution in [3.05, 3.63) is 33.8 Å². The highest BCUT2D eigenvalue weighted by Gasteiger charge is 2.13. The van der Waals surface area contributed by atoms with E-state index in [2.05, 4.69) is 15.9 Å². The van der Waals surface area contributed by atoms with Crippen LogP contribution in [0.25, 0.3) is 0 Å². The highest BCUT2D eigenvalue weighted by Crippen LogP contribution is 2.19. The smallest absolute Gasteiger partial charge is 0.310 e. The van der Waals surface area contributed by atoms with Crippen LogP contribution in [0.15, 0.2) is 22.7 Å². The van der Waals surface area contributed by atoms with Gasteiger partial charge in [0.2, 0.25) is 0 Å². The Balaban J connectivity index is 2.98. The van der Waals surface area contributed by atoms with E-state index >= 15 is 0 Å². The standard InChI is InChI=1S/C13H15BrO3/c1-3-12(15)11-8-10(14)6-5-9(11)7-13(16)17-4-2/h5-6,8H,3-4,7H2,1-2H3. The van der Waals surface area contributed by atoms with Crippen LogP contribution in [0.5, 0.6) is 0 Å². The molecule has 0 radical (unpaired) electrons. The molecule has 0 aromatic heterocycles. The third-order valence-corrected chi connectivity index (χ3v) is 2.83. The molecule has 1 rings (SSSR count). The first kappa shape index (κ1) is 13.9. The molecule has 0 aliphatic carbocycles. The van der Waals surface area contributed by atoms with E-state index in [-0.39, 0.29) is 18.2 Å². The maximum Gasteiger partial charge on any atom is 0.310 e. The van der Waals surface area contributed by atoms with Gasteiger partial charge in [0.15, 0.2) is 5.78 Å². The summed E-state index contributed by atoms with van der Waals surface area (Å²) in [6, 6.07) is 5.35. The van der Waals surface area contributed by atoms with Gasteiger partial charge < -0.3 is 4.74 Å². The molecule has 0 bridgehead atoms. The summed E-state index contributed by atoms with van der Waals surface area (Å²) >= 11 is 3.32. The lowest BCUT2D eigenvalue weighted by atomic mass is 10.00. The average molecular weight is 299 g/mol. The minimum atomic E-state index is -0.306. The molecule has 0 amide bonds. The van der Waals surface area contributed by atoms with Crippen LogP contribution >= 0.6 is 15.9 Å². The number of ketones is 1. The average Bonchev–Trinajstić information content (AvgIpc) is 2.30. The van der Waals surface area contributed by atoms with Crippen molar-refractivity contribution in [3.63, 3.8) is 0 Å². The topological polar surface area (TPSA) is 43.4 Å². The van der Waals surface area contributed by atoms with Crippen LogP contribution in [0.3, 0.4) is 0 Å². The maximum absolute atomic E-state index is 11.8. The Morgan fingerprint density at radius 2 is 2.00 bits per heavy atom. The fourth-order valence-corrected chi connectivity index (χ4v) is 1.88. The summed E-state index contributed by atoms with van der Waals surface area (Å²) in [6.45, 7) is 3.92. The molecule has 0 atom stereocenters. The van der Waals surface area contributed by atoms with Crippen LogP contribution in [0.4, 0.5) is 0 Å². The Hall–Kier alpha value is -1.16. The zero-order valence-corrected chi connectivity index (χ0v) is 11.5. The number of Topliss-reactive ketones (excluding diaryl/α,β-unsaturated/α-hetero) is 1. The van der Waals surface area contributed by atoms with E-state index in [0.717, 1.165) is 10.0 Å². The monoisotopic (exact) mass is 298 g/mol. The predicted molar refractivity (Wildman–Crippen MR) is 69.1 cm³/mol. The van der Waals surface area contributed by atoms with Gasteiger partial charge in [0, 0.05) is 16.5 Å². The molecule has 0 spiro atoms. The van der Waals surface area contributed by atoms with Crippen LogP contribution in [-0.2, 0) is 16.0 Å². The first-order valence-electron chi connectivity index (χ1n) is 5.55. The highest BCUT2D eigenvalue weighted by atomic mass is 79.9. The summed E-state index contributed by atoms with van der Waals surface area (Å²) in [5, 5.41) is 0. The summed E-state index contributed by atoms with van der Waals surface area (Å²) in [4.78, 5) is 23.2. The summed E-state index contributed by atoms with van der Waals surface area (Å²) in [6.07, 6.45) is 0.564. The van der Waals surface area contributed by atoms with Crippen LogP contribution in [0.1, 0.15) is 36.2 Å². The van der Waals surface area contributed by atoms with Crippen molar-refractivity contribution in [1.82, 2.24) is 0 Å². The van der Waals surface area contributed by atoms with Crippen LogP contribution in [0.2, 0.25) is 0 Å². The molecule has 4 heteroatoms. The molecule has 0 saturated carbocycles. The van der Waals surface area contributed by atoms with Crippen LogP contribution in [0, 0.1) is 0 Å². The summed E-state index contributed by atoms with van der Waals surface area (Å²) in [5.41, 5.74) is 1.31. The molecule has 1 aromatic carbocycles. The third kappa shape index (κ3) is 3.97. The molecule has 0 aliphatic rings. The number of benzene rings is 1. The number of hydrogen-bond donors (Lipinski definition) is 0. The molecule has 0 unspecified atom stereocenters. The minimum absolute atomic E-state index is 0.0330. The number of halogens is 1. The number of hydrogen-bond acceptors (Lipinski definition) is 3. The van der Waals surface area contributed by atoms with E-state index < -0.39 is 0 Å². The zero-order valence-electron chi connectivity index (χ0n) is 9.96. The van der Waals surface area contributed by atoms with Gasteiger partial charge in [-0.2, -0.15) is 0 Å². The molecular formula is C13H15BrO3. The van der Waals surface area contributed by atoms with Crippen molar-refractivity contribution in [2.24, 2.45) is 0 Å². The highest BCUT2D eigenvalue weighted by molar-refractivity contribution is 9.10. The second-order valence-electron chi connectivity index (χ2n) is 3.56. The Kier molecular flexibility index (Phi) is 5.35. The van der Waals surface area contributed by atoms with Gasteiger partial charge in [-0.15, -0.1) is 0 Å². The molecule has 92 valence electrons. The van der Waals surface area contributed by atoms with Gasteiger partial charge in [-0.3, -0.25) is 9.59 Å². The normalized spacial score (nSPS) is 10.1. The van der Waals surface area contributed by atoms with Crippen molar-refractivity contribution >= 4 is 27.7 Å². The first-order valence-corrected chi connectivity index (χ1v) is 6.35. The summed E-state index contributed by atoms with van der Waals surface area (Å²) < 4.78 is 5.72. The van der Waals surface area contributed by atoms with Gasteiger partial charge in [-0.25, -0.2) is 0 Å².